The molecule has 0 saturated heterocycles. The number of sulfonamides is 1. The van der Waals surface area contributed by atoms with E-state index in [4.69, 9.17) is 0 Å². The molecule has 1 amide bonds. The average Bonchev–Trinajstić information content (AvgIpc) is 3.41. The number of rotatable bonds is 5. The molecule has 29 heavy (non-hydrogen) atoms. The maximum absolute atomic E-state index is 12.5. The normalized spacial score (nSPS) is 13.7. The van der Waals surface area contributed by atoms with Crippen molar-refractivity contribution < 1.29 is 13.2 Å². The summed E-state index contributed by atoms with van der Waals surface area (Å²) >= 11 is 0. The Hall–Kier alpha value is -3.53. The van der Waals surface area contributed by atoms with Crippen molar-refractivity contribution >= 4 is 27.5 Å². The summed E-state index contributed by atoms with van der Waals surface area (Å²) in [5.74, 6) is -0.0354. The number of amidine groups is 1. The first-order chi connectivity index (χ1) is 14.0. The molecule has 0 aliphatic carbocycles. The number of carbonyl (C=O) groups is 1. The van der Waals surface area contributed by atoms with Crippen molar-refractivity contribution in [2.75, 3.05) is 11.9 Å². The van der Waals surface area contributed by atoms with Gasteiger partial charge in [-0.1, -0.05) is 24.3 Å². The van der Waals surface area contributed by atoms with Gasteiger partial charge in [0.15, 0.2) is 5.69 Å². The molecule has 3 aromatic rings. The number of aromatic nitrogens is 3. The predicted octanol–water partition coefficient (Wildman–Crippen LogP) is 1.99. The molecule has 0 unspecified atom stereocenters. The van der Waals surface area contributed by atoms with E-state index < -0.39 is 15.9 Å². The van der Waals surface area contributed by atoms with Crippen molar-refractivity contribution in [1.82, 2.24) is 19.7 Å². The van der Waals surface area contributed by atoms with Crippen molar-refractivity contribution in [1.29, 1.82) is 0 Å². The van der Waals surface area contributed by atoms with E-state index in [9.17, 15) is 13.2 Å². The van der Waals surface area contributed by atoms with Crippen molar-refractivity contribution in [3.8, 4) is 5.69 Å². The van der Waals surface area contributed by atoms with E-state index in [0.29, 0.717) is 24.5 Å². The Morgan fingerprint density at radius 3 is 2.66 bits per heavy atom. The number of carbonyl (C=O) groups excluding carboxylic acids is 1. The summed E-state index contributed by atoms with van der Waals surface area (Å²) in [6.45, 7) is 0.623. The summed E-state index contributed by atoms with van der Waals surface area (Å²) in [7, 11) is -3.76. The van der Waals surface area contributed by atoms with Crippen molar-refractivity contribution in [2.24, 2.45) is 4.99 Å². The van der Waals surface area contributed by atoms with E-state index in [1.54, 1.807) is 12.1 Å². The minimum Gasteiger partial charge on any atom is -0.321 e. The molecule has 0 saturated carbocycles. The second-order valence-electron chi connectivity index (χ2n) is 6.37. The van der Waals surface area contributed by atoms with Crippen LogP contribution < -0.4 is 10.0 Å². The molecule has 4 rings (SSSR count). The maximum atomic E-state index is 12.5. The number of nitrogens with zero attached hydrogens (tertiary/aromatic N) is 4. The van der Waals surface area contributed by atoms with Gasteiger partial charge in [-0.25, -0.2) is 8.42 Å². The molecular weight excluding hydrogens is 392 g/mol. The molecule has 0 atom stereocenters. The second kappa shape index (κ2) is 7.84. The van der Waals surface area contributed by atoms with E-state index in [1.807, 2.05) is 30.3 Å². The SMILES string of the molecule is O=C(Nc1cccc(S(=O)(=O)NC2=NCCC2)c1)c1cnn(-c2ccccc2)n1. The maximum Gasteiger partial charge on any atom is 0.277 e. The van der Waals surface area contributed by atoms with Crippen LogP contribution in [0.3, 0.4) is 0 Å². The van der Waals surface area contributed by atoms with Crippen LogP contribution in [0.15, 0.2) is 70.7 Å². The molecule has 2 N–H and O–H groups in total. The van der Waals surface area contributed by atoms with Crippen molar-refractivity contribution in [2.45, 2.75) is 17.7 Å². The molecule has 1 aromatic heterocycles. The molecule has 0 radical (unpaired) electrons. The number of aliphatic imine (C=N–C) groups is 1. The Kier molecular flexibility index (Phi) is 5.09. The minimum absolute atomic E-state index is 0.0397. The Morgan fingerprint density at radius 2 is 1.90 bits per heavy atom. The summed E-state index contributed by atoms with van der Waals surface area (Å²) in [6, 6.07) is 15.2. The lowest BCUT2D eigenvalue weighted by molar-refractivity contribution is 0.102. The first-order valence-corrected chi connectivity index (χ1v) is 10.4. The van der Waals surface area contributed by atoms with Gasteiger partial charge in [0.05, 0.1) is 16.8 Å². The monoisotopic (exact) mass is 410 g/mol. The van der Waals surface area contributed by atoms with E-state index in [1.165, 1.54) is 23.1 Å². The zero-order valence-corrected chi connectivity index (χ0v) is 16.1. The highest BCUT2D eigenvalue weighted by atomic mass is 32.2. The van der Waals surface area contributed by atoms with E-state index in [0.717, 1.165) is 12.1 Å². The van der Waals surface area contributed by atoms with Crippen LogP contribution in [0.1, 0.15) is 23.3 Å². The largest absolute Gasteiger partial charge is 0.321 e. The van der Waals surface area contributed by atoms with Crippen LogP contribution >= 0.6 is 0 Å². The topological polar surface area (TPSA) is 118 Å². The van der Waals surface area contributed by atoms with Gasteiger partial charge >= 0.3 is 0 Å². The van der Waals surface area contributed by atoms with Gasteiger partial charge in [-0.3, -0.25) is 14.5 Å². The fourth-order valence-electron chi connectivity index (χ4n) is 2.83. The predicted molar refractivity (Wildman–Crippen MR) is 108 cm³/mol. The highest BCUT2D eigenvalue weighted by Gasteiger charge is 2.19. The number of nitrogens with one attached hydrogen (secondary N) is 2. The molecule has 0 fully saturated rings. The van der Waals surface area contributed by atoms with Gasteiger partial charge in [-0.2, -0.15) is 9.90 Å². The summed E-state index contributed by atoms with van der Waals surface area (Å²) in [5, 5.41) is 10.9. The average molecular weight is 410 g/mol. The van der Waals surface area contributed by atoms with Gasteiger partial charge in [0.1, 0.15) is 5.84 Å². The van der Waals surface area contributed by atoms with Crippen LogP contribution in [0.25, 0.3) is 5.69 Å². The van der Waals surface area contributed by atoms with Crippen LogP contribution in [0, 0.1) is 0 Å². The Labute approximate surface area is 167 Å². The molecule has 0 bridgehead atoms. The molecule has 1 aliphatic heterocycles. The number of amides is 1. The smallest absolute Gasteiger partial charge is 0.277 e. The number of para-hydroxylation sites is 1. The van der Waals surface area contributed by atoms with Crippen LogP contribution in [0.2, 0.25) is 0 Å². The summed E-state index contributed by atoms with van der Waals surface area (Å²) in [4.78, 5) is 18.0. The number of benzene rings is 2. The number of anilines is 1. The Bertz CT molecular complexity index is 1170. The van der Waals surface area contributed by atoms with E-state index in [2.05, 4.69) is 25.2 Å². The quantitative estimate of drug-likeness (QED) is 0.667. The molecule has 148 valence electrons. The lowest BCUT2D eigenvalue weighted by Gasteiger charge is -2.09. The van der Waals surface area contributed by atoms with Crippen LogP contribution in [0.5, 0.6) is 0 Å². The first kappa shape index (κ1) is 18.8. The molecular formula is C19H18N6O3S. The summed E-state index contributed by atoms with van der Waals surface area (Å²) in [6.07, 6.45) is 2.78. The van der Waals surface area contributed by atoms with E-state index >= 15 is 0 Å². The zero-order valence-electron chi connectivity index (χ0n) is 15.3. The molecule has 1 aliphatic rings. The first-order valence-electron chi connectivity index (χ1n) is 8.97. The van der Waals surface area contributed by atoms with Crippen molar-refractivity contribution in [3.05, 3.63) is 66.5 Å². The lowest BCUT2D eigenvalue weighted by Crippen LogP contribution is -2.29. The fourth-order valence-corrected chi connectivity index (χ4v) is 3.96. The van der Waals surface area contributed by atoms with Gasteiger partial charge in [-0.15, -0.1) is 5.10 Å². The Balaban J connectivity index is 1.49. The summed E-state index contributed by atoms with van der Waals surface area (Å²) in [5.41, 5.74) is 1.17. The standard InChI is InChI=1S/C19H18N6O3S/c26-19(17-13-21-25(23-17)15-7-2-1-3-8-15)22-14-6-4-9-16(12-14)29(27,28)24-18-10-5-11-20-18/h1-4,6-9,12-13H,5,10-11H2,(H,20,24)(H,22,26). The van der Waals surface area contributed by atoms with Gasteiger partial charge in [-0.05, 0) is 36.8 Å². The second-order valence-corrected chi connectivity index (χ2v) is 8.06. The third-order valence-electron chi connectivity index (χ3n) is 4.24. The molecule has 0 spiro atoms. The molecule has 2 heterocycles. The molecule has 2 aromatic carbocycles. The highest BCUT2D eigenvalue weighted by Crippen LogP contribution is 2.17. The van der Waals surface area contributed by atoms with Crippen LogP contribution in [0.4, 0.5) is 5.69 Å². The third kappa shape index (κ3) is 4.32. The summed E-state index contributed by atoms with van der Waals surface area (Å²) < 4.78 is 27.5. The van der Waals surface area contributed by atoms with Crippen LogP contribution in [-0.4, -0.2) is 41.7 Å². The van der Waals surface area contributed by atoms with Gasteiger partial charge < -0.3 is 5.32 Å². The van der Waals surface area contributed by atoms with E-state index in [-0.39, 0.29) is 10.6 Å². The number of hydrogen-bond acceptors (Lipinski definition) is 6. The highest BCUT2D eigenvalue weighted by molar-refractivity contribution is 7.90. The Morgan fingerprint density at radius 1 is 1.07 bits per heavy atom. The minimum atomic E-state index is -3.76. The van der Waals surface area contributed by atoms with Crippen LogP contribution in [-0.2, 0) is 10.0 Å². The van der Waals surface area contributed by atoms with Gasteiger partial charge in [0, 0.05) is 18.7 Å². The van der Waals surface area contributed by atoms with Gasteiger partial charge in [0.25, 0.3) is 15.9 Å². The third-order valence-corrected chi connectivity index (χ3v) is 5.62. The lowest BCUT2D eigenvalue weighted by atomic mass is 10.3. The zero-order chi connectivity index (χ0) is 20.3. The molecule has 10 heteroatoms. The fraction of sp³-hybridized carbons (Fsp3) is 0.158. The number of hydrogen-bond donors (Lipinski definition) is 2. The molecule has 9 nitrogen and oxygen atoms in total. The van der Waals surface area contributed by atoms with Crippen molar-refractivity contribution in [3.63, 3.8) is 0 Å². The van der Waals surface area contributed by atoms with Gasteiger partial charge in [0.2, 0.25) is 0 Å².